The van der Waals surface area contributed by atoms with Gasteiger partial charge in [-0.25, -0.2) is 21.2 Å². The van der Waals surface area contributed by atoms with Crippen LogP contribution in [-0.2, 0) is 26.2 Å². The average Bonchev–Trinajstić information content (AvgIpc) is 2.91. The number of hydrogen-bond donors (Lipinski definition) is 1. The summed E-state index contributed by atoms with van der Waals surface area (Å²) in [5.41, 5.74) is 2.23. The van der Waals surface area contributed by atoms with Gasteiger partial charge < -0.3 is 5.32 Å². The van der Waals surface area contributed by atoms with Gasteiger partial charge in [-0.3, -0.25) is 0 Å². The molecule has 0 aromatic heterocycles. The van der Waals surface area contributed by atoms with Crippen LogP contribution in [0.15, 0.2) is 47.4 Å². The van der Waals surface area contributed by atoms with Crippen molar-refractivity contribution in [2.75, 3.05) is 11.5 Å². The number of sulfone groups is 2. The first-order valence-electron chi connectivity index (χ1n) is 8.58. The molecule has 5 nitrogen and oxygen atoms in total. The Morgan fingerprint density at radius 1 is 1.11 bits per heavy atom. The number of nitrogens with one attached hydrogen (secondary N) is 1. The standard InChI is InChI=1S/C19H22FNO4S2/c1-13-4-3-5-15(8-13)10-21-18-11-26(22,23)12-19(18)27(24,25)16-6-7-17(20)14(2)9-16/h3-9,18-19,21H,10-12H2,1-2H3. The highest BCUT2D eigenvalue weighted by molar-refractivity contribution is 7.96. The largest absolute Gasteiger partial charge is 0.308 e. The molecule has 0 spiro atoms. The van der Waals surface area contributed by atoms with Gasteiger partial charge in [-0.05, 0) is 43.2 Å². The molecule has 1 saturated heterocycles. The molecule has 1 fully saturated rings. The summed E-state index contributed by atoms with van der Waals surface area (Å²) < 4.78 is 63.9. The normalized spacial score (nSPS) is 22.0. The summed E-state index contributed by atoms with van der Waals surface area (Å²) in [6.45, 7) is 3.80. The topological polar surface area (TPSA) is 80.3 Å². The van der Waals surface area contributed by atoms with Crippen molar-refractivity contribution >= 4 is 19.7 Å². The Kier molecular flexibility index (Phi) is 5.42. The van der Waals surface area contributed by atoms with Crippen LogP contribution < -0.4 is 5.32 Å². The molecule has 27 heavy (non-hydrogen) atoms. The molecule has 2 aromatic carbocycles. The molecule has 8 heteroatoms. The highest BCUT2D eigenvalue weighted by Gasteiger charge is 2.45. The first-order chi connectivity index (χ1) is 12.6. The van der Waals surface area contributed by atoms with Crippen molar-refractivity contribution in [3.05, 3.63) is 65.0 Å². The van der Waals surface area contributed by atoms with Gasteiger partial charge in [0.05, 0.1) is 21.7 Å². The molecule has 2 unspecified atom stereocenters. The predicted molar refractivity (Wildman–Crippen MR) is 103 cm³/mol. The maximum atomic E-state index is 13.5. The Bertz CT molecular complexity index is 1060. The van der Waals surface area contributed by atoms with Crippen molar-refractivity contribution in [2.24, 2.45) is 0 Å². The third kappa shape index (κ3) is 4.39. The minimum absolute atomic E-state index is 0.0501. The maximum Gasteiger partial charge on any atom is 0.183 e. The van der Waals surface area contributed by atoms with Gasteiger partial charge in [0.15, 0.2) is 19.7 Å². The molecule has 0 saturated carbocycles. The zero-order chi connectivity index (χ0) is 19.8. The van der Waals surface area contributed by atoms with E-state index in [-0.39, 0.29) is 16.2 Å². The average molecular weight is 412 g/mol. The lowest BCUT2D eigenvalue weighted by atomic mass is 10.1. The summed E-state index contributed by atoms with van der Waals surface area (Å²) >= 11 is 0. The van der Waals surface area contributed by atoms with Crippen molar-refractivity contribution in [1.82, 2.24) is 5.32 Å². The van der Waals surface area contributed by atoms with Crippen LogP contribution in [-0.4, -0.2) is 39.6 Å². The third-order valence-corrected chi connectivity index (χ3v) is 8.96. The molecule has 0 bridgehead atoms. The van der Waals surface area contributed by atoms with Crippen LogP contribution in [0.2, 0.25) is 0 Å². The van der Waals surface area contributed by atoms with Gasteiger partial charge in [-0.2, -0.15) is 0 Å². The van der Waals surface area contributed by atoms with Crippen molar-refractivity contribution in [3.8, 4) is 0 Å². The van der Waals surface area contributed by atoms with Crippen molar-refractivity contribution < 1.29 is 21.2 Å². The molecule has 146 valence electrons. The van der Waals surface area contributed by atoms with E-state index in [9.17, 15) is 21.2 Å². The zero-order valence-electron chi connectivity index (χ0n) is 15.1. The lowest BCUT2D eigenvalue weighted by Gasteiger charge is -2.20. The molecule has 2 atom stereocenters. The molecular formula is C19H22FNO4S2. The lowest BCUT2D eigenvalue weighted by Crippen LogP contribution is -2.43. The summed E-state index contributed by atoms with van der Waals surface area (Å²) in [4.78, 5) is -0.0501. The van der Waals surface area contributed by atoms with E-state index in [2.05, 4.69) is 5.32 Å². The minimum atomic E-state index is -3.92. The van der Waals surface area contributed by atoms with E-state index in [0.29, 0.717) is 6.54 Å². The van der Waals surface area contributed by atoms with E-state index in [1.165, 1.54) is 19.1 Å². The van der Waals surface area contributed by atoms with Gasteiger partial charge in [-0.1, -0.05) is 29.8 Å². The lowest BCUT2D eigenvalue weighted by molar-refractivity contribution is 0.525. The fourth-order valence-corrected chi connectivity index (χ4v) is 8.15. The van der Waals surface area contributed by atoms with Crippen molar-refractivity contribution in [2.45, 2.75) is 36.6 Å². The second kappa shape index (κ2) is 7.33. The van der Waals surface area contributed by atoms with E-state index in [0.717, 1.165) is 17.2 Å². The Hall–Kier alpha value is -1.77. The Morgan fingerprint density at radius 2 is 1.85 bits per heavy atom. The molecule has 0 amide bonds. The van der Waals surface area contributed by atoms with Gasteiger partial charge >= 0.3 is 0 Å². The molecule has 3 rings (SSSR count). The molecule has 2 aromatic rings. The number of aryl methyl sites for hydroxylation is 2. The number of benzene rings is 2. The van der Waals surface area contributed by atoms with Crippen LogP contribution >= 0.6 is 0 Å². The summed E-state index contributed by atoms with van der Waals surface area (Å²) in [7, 11) is -7.40. The van der Waals surface area contributed by atoms with E-state index in [4.69, 9.17) is 0 Å². The van der Waals surface area contributed by atoms with Gasteiger partial charge in [0.2, 0.25) is 0 Å². The van der Waals surface area contributed by atoms with Crippen LogP contribution in [0.1, 0.15) is 16.7 Å². The molecule has 1 aliphatic heterocycles. The van der Waals surface area contributed by atoms with Crippen LogP contribution in [0, 0.1) is 19.7 Å². The second-order valence-electron chi connectivity index (χ2n) is 7.05. The first kappa shape index (κ1) is 20.0. The molecule has 0 aliphatic carbocycles. The van der Waals surface area contributed by atoms with E-state index >= 15 is 0 Å². The summed E-state index contributed by atoms with van der Waals surface area (Å²) in [5, 5.41) is 2.00. The van der Waals surface area contributed by atoms with E-state index < -0.39 is 42.5 Å². The number of hydrogen-bond acceptors (Lipinski definition) is 5. The van der Waals surface area contributed by atoms with Crippen molar-refractivity contribution in [3.63, 3.8) is 0 Å². The molecule has 1 N–H and O–H groups in total. The number of rotatable bonds is 5. The van der Waals surface area contributed by atoms with Gasteiger partial charge in [0.25, 0.3) is 0 Å². The maximum absolute atomic E-state index is 13.5. The fraction of sp³-hybridized carbons (Fsp3) is 0.368. The van der Waals surface area contributed by atoms with Crippen LogP contribution in [0.4, 0.5) is 4.39 Å². The van der Waals surface area contributed by atoms with E-state index in [1.54, 1.807) is 0 Å². The smallest absolute Gasteiger partial charge is 0.183 e. The third-order valence-electron chi connectivity index (χ3n) is 4.81. The Labute approximate surface area is 159 Å². The molecule has 0 radical (unpaired) electrons. The van der Waals surface area contributed by atoms with Gasteiger partial charge in [0, 0.05) is 12.6 Å². The minimum Gasteiger partial charge on any atom is -0.308 e. The number of halogens is 1. The SMILES string of the molecule is Cc1cccc(CNC2CS(=O)(=O)CC2S(=O)(=O)c2ccc(F)c(C)c2)c1. The van der Waals surface area contributed by atoms with E-state index in [1.807, 2.05) is 31.2 Å². The highest BCUT2D eigenvalue weighted by Crippen LogP contribution is 2.27. The van der Waals surface area contributed by atoms with Crippen LogP contribution in [0.5, 0.6) is 0 Å². The monoisotopic (exact) mass is 411 g/mol. The first-order valence-corrected chi connectivity index (χ1v) is 11.9. The fourth-order valence-electron chi connectivity index (χ4n) is 3.35. The summed E-state index contributed by atoms with van der Waals surface area (Å²) in [6.07, 6.45) is 0. The van der Waals surface area contributed by atoms with Crippen LogP contribution in [0.3, 0.4) is 0 Å². The Morgan fingerprint density at radius 3 is 2.52 bits per heavy atom. The second-order valence-corrected chi connectivity index (χ2v) is 11.4. The Balaban J connectivity index is 1.87. The zero-order valence-corrected chi connectivity index (χ0v) is 16.8. The highest BCUT2D eigenvalue weighted by atomic mass is 32.2. The molecular weight excluding hydrogens is 389 g/mol. The predicted octanol–water partition coefficient (Wildman–Crippen LogP) is 2.17. The molecule has 1 heterocycles. The van der Waals surface area contributed by atoms with Gasteiger partial charge in [-0.15, -0.1) is 0 Å². The molecule has 1 aliphatic rings. The summed E-state index contributed by atoms with van der Waals surface area (Å²) in [5.74, 6) is -1.16. The van der Waals surface area contributed by atoms with Crippen molar-refractivity contribution in [1.29, 1.82) is 0 Å². The van der Waals surface area contributed by atoms with Crippen LogP contribution in [0.25, 0.3) is 0 Å². The quantitative estimate of drug-likeness (QED) is 0.763. The summed E-state index contributed by atoms with van der Waals surface area (Å²) in [6, 6.07) is 10.5. The van der Waals surface area contributed by atoms with Gasteiger partial charge in [0.1, 0.15) is 5.82 Å².